The summed E-state index contributed by atoms with van der Waals surface area (Å²) in [6.07, 6.45) is 3.19. The van der Waals surface area contributed by atoms with Gasteiger partial charge in [-0.2, -0.15) is 5.10 Å². The second-order valence-corrected chi connectivity index (χ2v) is 6.39. The third-order valence-electron chi connectivity index (χ3n) is 4.26. The van der Waals surface area contributed by atoms with Gasteiger partial charge in [0.2, 0.25) is 11.8 Å². The highest BCUT2D eigenvalue weighted by Crippen LogP contribution is 2.27. The maximum absolute atomic E-state index is 12.2. The third kappa shape index (κ3) is 3.48. The Morgan fingerprint density at radius 1 is 1.38 bits per heavy atom. The molecular formula is C18H22N4O2. The Morgan fingerprint density at radius 3 is 2.96 bits per heavy atom. The average Bonchev–Trinajstić information content (AvgIpc) is 3.01. The van der Waals surface area contributed by atoms with Crippen molar-refractivity contribution in [3.63, 3.8) is 0 Å². The van der Waals surface area contributed by atoms with E-state index in [1.165, 1.54) is 0 Å². The summed E-state index contributed by atoms with van der Waals surface area (Å²) in [7, 11) is 0. The van der Waals surface area contributed by atoms with Crippen molar-refractivity contribution in [2.45, 2.75) is 39.2 Å². The predicted molar refractivity (Wildman–Crippen MR) is 92.7 cm³/mol. The van der Waals surface area contributed by atoms with E-state index in [1.54, 1.807) is 16.9 Å². The molecule has 2 N–H and O–H groups in total. The van der Waals surface area contributed by atoms with E-state index in [0.717, 1.165) is 11.3 Å². The Hall–Kier alpha value is -2.63. The highest BCUT2D eigenvalue weighted by atomic mass is 16.2. The summed E-state index contributed by atoms with van der Waals surface area (Å²) in [4.78, 5) is 24.4. The number of benzene rings is 1. The van der Waals surface area contributed by atoms with E-state index in [1.807, 2.05) is 38.1 Å². The second-order valence-electron chi connectivity index (χ2n) is 6.39. The van der Waals surface area contributed by atoms with Crippen LogP contribution in [0.15, 0.2) is 36.5 Å². The number of carbonyl (C=O) groups excluding carboxylic acids is 2. The van der Waals surface area contributed by atoms with Crippen molar-refractivity contribution < 1.29 is 9.59 Å². The lowest BCUT2D eigenvalue weighted by Crippen LogP contribution is -2.30. The predicted octanol–water partition coefficient (Wildman–Crippen LogP) is 2.99. The molecule has 1 aliphatic heterocycles. The zero-order valence-electron chi connectivity index (χ0n) is 14.0. The Kier molecular flexibility index (Phi) is 4.64. The number of carbonyl (C=O) groups is 2. The maximum atomic E-state index is 12.2. The zero-order valence-corrected chi connectivity index (χ0v) is 14.0. The highest BCUT2D eigenvalue weighted by molar-refractivity contribution is 5.96. The van der Waals surface area contributed by atoms with Gasteiger partial charge in [0.05, 0.1) is 6.20 Å². The van der Waals surface area contributed by atoms with Gasteiger partial charge in [0.1, 0.15) is 5.82 Å². The second kappa shape index (κ2) is 6.86. The minimum Gasteiger partial charge on any atom is -0.326 e. The fourth-order valence-electron chi connectivity index (χ4n) is 2.98. The number of nitrogens with zero attached hydrogens (tertiary/aromatic N) is 2. The maximum Gasteiger partial charge on any atom is 0.227 e. The van der Waals surface area contributed by atoms with E-state index in [2.05, 4.69) is 15.7 Å². The molecule has 1 aromatic heterocycles. The first kappa shape index (κ1) is 16.2. The number of nitrogens with one attached hydrogen (secondary N) is 2. The molecule has 0 aliphatic carbocycles. The molecule has 6 heteroatoms. The number of hydrogen-bond acceptors (Lipinski definition) is 3. The van der Waals surface area contributed by atoms with Gasteiger partial charge >= 0.3 is 0 Å². The molecule has 126 valence electrons. The van der Waals surface area contributed by atoms with Crippen LogP contribution in [0.1, 0.15) is 38.3 Å². The van der Waals surface area contributed by atoms with Crippen LogP contribution in [0.2, 0.25) is 0 Å². The highest BCUT2D eigenvalue weighted by Gasteiger charge is 2.26. The molecule has 6 nitrogen and oxygen atoms in total. The molecule has 0 fully saturated rings. The number of aromatic nitrogens is 2. The Balaban J connectivity index is 1.57. The number of fused-ring (bicyclic) bond motifs is 1. The van der Waals surface area contributed by atoms with Crippen LogP contribution in [0.25, 0.3) is 0 Å². The molecule has 2 amide bonds. The molecular weight excluding hydrogens is 304 g/mol. The quantitative estimate of drug-likeness (QED) is 0.887. The number of hydrogen-bond donors (Lipinski definition) is 2. The fourth-order valence-corrected chi connectivity index (χ4v) is 2.98. The van der Waals surface area contributed by atoms with Crippen LogP contribution in [-0.4, -0.2) is 21.6 Å². The molecule has 1 atom stereocenters. The minimum absolute atomic E-state index is 0.00581. The molecule has 0 radical (unpaired) electrons. The van der Waals surface area contributed by atoms with Gasteiger partial charge in [-0.25, -0.2) is 4.68 Å². The Morgan fingerprint density at radius 2 is 2.17 bits per heavy atom. The molecule has 0 spiro atoms. The summed E-state index contributed by atoms with van der Waals surface area (Å²) in [5.41, 5.74) is 2.00. The topological polar surface area (TPSA) is 76.0 Å². The van der Waals surface area contributed by atoms with Crippen LogP contribution in [0.4, 0.5) is 11.5 Å². The van der Waals surface area contributed by atoms with Crippen LogP contribution in [0.5, 0.6) is 0 Å². The van der Waals surface area contributed by atoms with Gasteiger partial charge < -0.3 is 10.6 Å². The van der Waals surface area contributed by atoms with Crippen LogP contribution >= 0.6 is 0 Å². The first-order chi connectivity index (χ1) is 11.5. The molecule has 0 saturated heterocycles. The van der Waals surface area contributed by atoms with Crippen LogP contribution in [-0.2, 0) is 16.0 Å². The summed E-state index contributed by atoms with van der Waals surface area (Å²) in [5.74, 6) is 0.423. The lowest BCUT2D eigenvalue weighted by Gasteiger charge is -2.24. The molecule has 24 heavy (non-hydrogen) atoms. The summed E-state index contributed by atoms with van der Waals surface area (Å²) < 4.78 is 1.77. The molecule has 1 aliphatic rings. The SMILES string of the molecule is CC(C)n1nccc1NC(=O)CCC1Cc2ccccc2NC1=O. The molecule has 1 aromatic carbocycles. The smallest absolute Gasteiger partial charge is 0.227 e. The van der Waals surface area contributed by atoms with Crippen molar-refractivity contribution in [1.29, 1.82) is 0 Å². The van der Waals surface area contributed by atoms with Crippen molar-refractivity contribution in [2.75, 3.05) is 10.6 Å². The third-order valence-corrected chi connectivity index (χ3v) is 4.26. The van der Waals surface area contributed by atoms with E-state index < -0.39 is 0 Å². The lowest BCUT2D eigenvalue weighted by molar-refractivity contribution is -0.121. The van der Waals surface area contributed by atoms with Crippen molar-refractivity contribution in [3.8, 4) is 0 Å². The number of para-hydroxylation sites is 1. The van der Waals surface area contributed by atoms with E-state index in [0.29, 0.717) is 25.1 Å². The van der Waals surface area contributed by atoms with Gasteiger partial charge in [-0.3, -0.25) is 9.59 Å². The number of anilines is 2. The van der Waals surface area contributed by atoms with Gasteiger partial charge in [0.15, 0.2) is 0 Å². The van der Waals surface area contributed by atoms with Gasteiger partial charge in [0.25, 0.3) is 0 Å². The molecule has 1 unspecified atom stereocenters. The normalized spacial score (nSPS) is 16.6. The molecule has 2 heterocycles. The summed E-state index contributed by atoms with van der Waals surface area (Å²) >= 11 is 0. The van der Waals surface area contributed by atoms with Crippen molar-refractivity contribution in [1.82, 2.24) is 9.78 Å². The summed E-state index contributed by atoms with van der Waals surface area (Å²) in [6, 6.07) is 9.75. The monoisotopic (exact) mass is 326 g/mol. The largest absolute Gasteiger partial charge is 0.326 e. The van der Waals surface area contributed by atoms with E-state index >= 15 is 0 Å². The van der Waals surface area contributed by atoms with Crippen molar-refractivity contribution in [3.05, 3.63) is 42.1 Å². The van der Waals surface area contributed by atoms with Gasteiger partial charge in [-0.05, 0) is 38.3 Å². The van der Waals surface area contributed by atoms with Crippen LogP contribution in [0, 0.1) is 5.92 Å². The van der Waals surface area contributed by atoms with Gasteiger partial charge in [-0.1, -0.05) is 18.2 Å². The first-order valence-corrected chi connectivity index (χ1v) is 8.26. The zero-order chi connectivity index (χ0) is 17.1. The Bertz CT molecular complexity index is 751. The van der Waals surface area contributed by atoms with Crippen LogP contribution < -0.4 is 10.6 Å². The number of rotatable bonds is 5. The van der Waals surface area contributed by atoms with Crippen molar-refractivity contribution in [2.24, 2.45) is 5.92 Å². The number of amides is 2. The Labute approximate surface area is 141 Å². The minimum atomic E-state index is -0.166. The van der Waals surface area contributed by atoms with E-state index in [9.17, 15) is 9.59 Å². The summed E-state index contributed by atoms with van der Waals surface area (Å²) in [5, 5.41) is 9.99. The average molecular weight is 326 g/mol. The molecule has 0 bridgehead atoms. The summed E-state index contributed by atoms with van der Waals surface area (Å²) in [6.45, 7) is 4.01. The molecule has 3 rings (SSSR count). The standard InChI is InChI=1S/C18H22N4O2/c1-12(2)22-16(9-10-19-22)21-17(23)8-7-14-11-13-5-3-4-6-15(13)20-18(14)24/h3-6,9-10,12,14H,7-8,11H2,1-2H3,(H,20,24)(H,21,23). The molecule has 0 saturated carbocycles. The van der Waals surface area contributed by atoms with E-state index in [-0.39, 0.29) is 23.8 Å². The fraction of sp³-hybridized carbons (Fsp3) is 0.389. The van der Waals surface area contributed by atoms with Crippen LogP contribution in [0.3, 0.4) is 0 Å². The van der Waals surface area contributed by atoms with Gasteiger partial charge in [-0.15, -0.1) is 0 Å². The first-order valence-electron chi connectivity index (χ1n) is 8.26. The van der Waals surface area contributed by atoms with Crippen molar-refractivity contribution >= 4 is 23.3 Å². The van der Waals surface area contributed by atoms with E-state index in [4.69, 9.17) is 0 Å². The lowest BCUT2D eigenvalue weighted by atomic mass is 9.89. The van der Waals surface area contributed by atoms with Gasteiger partial charge in [0, 0.05) is 30.1 Å². The molecule has 2 aromatic rings.